The van der Waals surface area contributed by atoms with Gasteiger partial charge in [0.15, 0.2) is 5.82 Å². The summed E-state index contributed by atoms with van der Waals surface area (Å²) in [5.41, 5.74) is 2.06. The van der Waals surface area contributed by atoms with Gasteiger partial charge in [0, 0.05) is 31.2 Å². The highest BCUT2D eigenvalue weighted by Gasteiger charge is 2.33. The van der Waals surface area contributed by atoms with Crippen molar-refractivity contribution >= 4 is 5.82 Å². The monoisotopic (exact) mass is 294 g/mol. The first-order valence-electron chi connectivity index (χ1n) is 8.14. The van der Waals surface area contributed by atoms with E-state index in [1.807, 2.05) is 18.2 Å². The van der Waals surface area contributed by atoms with E-state index in [9.17, 15) is 0 Å². The van der Waals surface area contributed by atoms with Gasteiger partial charge in [0.1, 0.15) is 0 Å². The molecular weight excluding hydrogens is 272 g/mol. The zero-order valence-electron chi connectivity index (χ0n) is 13.0. The molecule has 4 heteroatoms. The Morgan fingerprint density at radius 2 is 1.82 bits per heavy atom. The number of hydrogen-bond donors (Lipinski definition) is 0. The molecule has 1 aromatic carbocycles. The topological polar surface area (TPSA) is 32.3 Å². The summed E-state index contributed by atoms with van der Waals surface area (Å²) < 4.78 is 0. The van der Waals surface area contributed by atoms with Gasteiger partial charge in [0.2, 0.25) is 0 Å². The van der Waals surface area contributed by atoms with Crippen molar-refractivity contribution in [1.29, 1.82) is 0 Å². The molecule has 1 aliphatic carbocycles. The van der Waals surface area contributed by atoms with Crippen molar-refractivity contribution in [2.24, 2.45) is 5.92 Å². The fraction of sp³-hybridized carbons (Fsp3) is 0.444. The van der Waals surface area contributed by atoms with E-state index in [1.165, 1.54) is 19.4 Å². The van der Waals surface area contributed by atoms with Crippen LogP contribution in [0, 0.1) is 5.92 Å². The second-order valence-electron chi connectivity index (χ2n) is 6.58. The molecular formula is C18H22N4. The molecule has 4 nitrogen and oxygen atoms in total. The molecule has 22 heavy (non-hydrogen) atoms. The first-order chi connectivity index (χ1) is 10.8. The van der Waals surface area contributed by atoms with Crippen molar-refractivity contribution in [3.05, 3.63) is 42.5 Å². The second kappa shape index (κ2) is 5.69. The predicted octanol–water partition coefficient (Wildman–Crippen LogP) is 2.67. The van der Waals surface area contributed by atoms with E-state index in [1.54, 1.807) is 0 Å². The molecule has 4 rings (SSSR count). The Morgan fingerprint density at radius 1 is 1.05 bits per heavy atom. The fourth-order valence-corrected chi connectivity index (χ4v) is 3.03. The van der Waals surface area contributed by atoms with Crippen molar-refractivity contribution in [2.75, 3.05) is 31.6 Å². The van der Waals surface area contributed by atoms with Crippen LogP contribution in [0.2, 0.25) is 0 Å². The van der Waals surface area contributed by atoms with Crippen LogP contribution in [-0.2, 0) is 0 Å². The van der Waals surface area contributed by atoms with Gasteiger partial charge in [-0.25, -0.2) is 0 Å². The van der Waals surface area contributed by atoms with Crippen LogP contribution in [0.4, 0.5) is 5.82 Å². The molecule has 2 aliphatic rings. The molecule has 1 aliphatic heterocycles. The van der Waals surface area contributed by atoms with Crippen molar-refractivity contribution in [3.8, 4) is 11.3 Å². The van der Waals surface area contributed by atoms with Gasteiger partial charge in [-0.05, 0) is 37.9 Å². The van der Waals surface area contributed by atoms with Gasteiger partial charge in [0.25, 0.3) is 0 Å². The van der Waals surface area contributed by atoms with E-state index < -0.39 is 0 Å². The third-order valence-corrected chi connectivity index (χ3v) is 4.77. The molecule has 0 amide bonds. The van der Waals surface area contributed by atoms with Crippen LogP contribution >= 0.6 is 0 Å². The van der Waals surface area contributed by atoms with Crippen molar-refractivity contribution in [2.45, 2.75) is 18.9 Å². The lowest BCUT2D eigenvalue weighted by molar-refractivity contribution is 0.197. The highest BCUT2D eigenvalue weighted by Crippen LogP contribution is 2.31. The van der Waals surface area contributed by atoms with Crippen LogP contribution in [0.1, 0.15) is 12.8 Å². The molecule has 0 unspecified atom stereocenters. The van der Waals surface area contributed by atoms with Crippen LogP contribution in [-0.4, -0.2) is 47.8 Å². The Labute approximate surface area is 131 Å². The van der Waals surface area contributed by atoms with Gasteiger partial charge in [-0.1, -0.05) is 30.3 Å². The van der Waals surface area contributed by atoms with Gasteiger partial charge in [-0.2, -0.15) is 0 Å². The van der Waals surface area contributed by atoms with Crippen LogP contribution < -0.4 is 4.90 Å². The lowest BCUT2D eigenvalue weighted by atomic mass is 10.1. The van der Waals surface area contributed by atoms with E-state index in [4.69, 9.17) is 0 Å². The quantitative estimate of drug-likeness (QED) is 0.848. The molecule has 0 radical (unpaired) electrons. The van der Waals surface area contributed by atoms with Crippen LogP contribution in [0.3, 0.4) is 0 Å². The Hall–Kier alpha value is -1.94. The summed E-state index contributed by atoms with van der Waals surface area (Å²) in [5.74, 6) is 1.96. The van der Waals surface area contributed by atoms with Gasteiger partial charge in [-0.3, -0.25) is 4.90 Å². The molecule has 2 fully saturated rings. The molecule has 1 saturated carbocycles. The van der Waals surface area contributed by atoms with E-state index in [-0.39, 0.29) is 0 Å². The molecule has 1 saturated heterocycles. The zero-order valence-corrected chi connectivity index (χ0v) is 13.0. The minimum Gasteiger partial charge on any atom is -0.352 e. The summed E-state index contributed by atoms with van der Waals surface area (Å²) in [5, 5.41) is 8.78. The molecule has 2 heterocycles. The van der Waals surface area contributed by atoms with Gasteiger partial charge >= 0.3 is 0 Å². The third kappa shape index (κ3) is 2.83. The summed E-state index contributed by atoms with van der Waals surface area (Å²) in [6.07, 6.45) is 2.85. The molecule has 1 aromatic heterocycles. The molecule has 0 spiro atoms. The first kappa shape index (κ1) is 13.7. The second-order valence-corrected chi connectivity index (χ2v) is 6.58. The summed E-state index contributed by atoms with van der Waals surface area (Å²) in [6.45, 7) is 3.41. The highest BCUT2D eigenvalue weighted by atomic mass is 15.4. The van der Waals surface area contributed by atoms with Crippen LogP contribution in [0.5, 0.6) is 0 Å². The number of rotatable bonds is 5. The minimum atomic E-state index is 0.677. The number of hydrogen-bond acceptors (Lipinski definition) is 4. The number of anilines is 1. The number of aromatic nitrogens is 2. The van der Waals surface area contributed by atoms with E-state index in [0.29, 0.717) is 6.04 Å². The number of benzene rings is 1. The maximum atomic E-state index is 4.40. The average Bonchev–Trinajstić information content (AvgIpc) is 3.31. The zero-order chi connectivity index (χ0) is 14.9. The normalized spacial score (nSPS) is 18.5. The molecule has 2 aromatic rings. The highest BCUT2D eigenvalue weighted by molar-refractivity contribution is 5.59. The van der Waals surface area contributed by atoms with Crippen molar-refractivity contribution in [1.82, 2.24) is 15.1 Å². The van der Waals surface area contributed by atoms with Gasteiger partial charge in [0.05, 0.1) is 5.69 Å². The van der Waals surface area contributed by atoms with E-state index in [2.05, 4.69) is 51.3 Å². The van der Waals surface area contributed by atoms with Crippen molar-refractivity contribution in [3.63, 3.8) is 0 Å². The average molecular weight is 294 g/mol. The maximum Gasteiger partial charge on any atom is 0.151 e. The Bertz CT molecular complexity index is 615. The Balaban J connectivity index is 1.36. The van der Waals surface area contributed by atoms with Gasteiger partial charge in [-0.15, -0.1) is 10.2 Å². The van der Waals surface area contributed by atoms with Crippen LogP contribution in [0.25, 0.3) is 11.3 Å². The lowest BCUT2D eigenvalue weighted by Crippen LogP contribution is -2.59. The third-order valence-electron chi connectivity index (χ3n) is 4.77. The number of nitrogens with zero attached hydrogens (tertiary/aromatic N) is 4. The largest absolute Gasteiger partial charge is 0.352 e. The summed E-state index contributed by atoms with van der Waals surface area (Å²) in [4.78, 5) is 4.83. The molecule has 0 bridgehead atoms. The molecule has 114 valence electrons. The van der Waals surface area contributed by atoms with Crippen molar-refractivity contribution < 1.29 is 0 Å². The molecule has 0 N–H and O–H groups in total. The Kier molecular flexibility index (Phi) is 3.54. The number of likely N-dealkylation sites (N-methyl/N-ethyl adjacent to an activating group) is 1. The van der Waals surface area contributed by atoms with E-state index >= 15 is 0 Å². The summed E-state index contributed by atoms with van der Waals surface area (Å²) in [6, 6.07) is 15.0. The maximum absolute atomic E-state index is 4.40. The SMILES string of the molecule is CN(CC1CC1)C1CN(c2ccc(-c3ccccc3)nn2)C1. The lowest BCUT2D eigenvalue weighted by Gasteiger charge is -2.44. The van der Waals surface area contributed by atoms with Gasteiger partial charge < -0.3 is 4.90 Å². The Morgan fingerprint density at radius 3 is 2.45 bits per heavy atom. The first-order valence-corrected chi connectivity index (χ1v) is 8.14. The van der Waals surface area contributed by atoms with Crippen LogP contribution in [0.15, 0.2) is 42.5 Å². The summed E-state index contributed by atoms with van der Waals surface area (Å²) in [7, 11) is 2.25. The minimum absolute atomic E-state index is 0.677. The standard InChI is InChI=1S/C18H22N4/c1-21(11-14-7-8-14)16-12-22(13-16)18-10-9-17(19-20-18)15-5-3-2-4-6-15/h2-6,9-10,14,16H,7-8,11-13H2,1H3. The van der Waals surface area contributed by atoms with E-state index in [0.717, 1.165) is 36.1 Å². The fourth-order valence-electron chi connectivity index (χ4n) is 3.03. The molecule has 0 atom stereocenters. The summed E-state index contributed by atoms with van der Waals surface area (Å²) >= 11 is 0. The smallest absolute Gasteiger partial charge is 0.151 e. The predicted molar refractivity (Wildman–Crippen MR) is 88.8 cm³/mol.